The van der Waals surface area contributed by atoms with E-state index < -0.39 is 27.0 Å². The van der Waals surface area contributed by atoms with Crippen molar-refractivity contribution >= 4 is 26.6 Å². The Morgan fingerprint density at radius 3 is 2.23 bits per heavy atom. The molecule has 0 spiro atoms. The fourth-order valence-electron chi connectivity index (χ4n) is 4.23. The zero-order valence-electron chi connectivity index (χ0n) is 16.9. The van der Waals surface area contributed by atoms with Gasteiger partial charge in [-0.05, 0) is 41.5 Å². The number of aryl methyl sites for hydroxylation is 1. The van der Waals surface area contributed by atoms with Crippen LogP contribution in [0.3, 0.4) is 0 Å². The van der Waals surface area contributed by atoms with Crippen LogP contribution in [0.5, 0.6) is 5.75 Å². The Kier molecular flexibility index (Phi) is 4.63. The number of benzene rings is 4. The molecule has 0 amide bonds. The quantitative estimate of drug-likeness (QED) is 0.339. The van der Waals surface area contributed by atoms with Crippen molar-refractivity contribution in [3.8, 4) is 5.75 Å². The van der Waals surface area contributed by atoms with Crippen LogP contribution in [0.25, 0.3) is 10.8 Å². The Hall–Kier alpha value is -3.44. The number of ether oxygens (including phenoxy) is 1. The lowest BCUT2D eigenvalue weighted by molar-refractivity contribution is -0.135. The van der Waals surface area contributed by atoms with Crippen LogP contribution in [-0.2, 0) is 14.6 Å². The molecule has 154 valence electrons. The van der Waals surface area contributed by atoms with Gasteiger partial charge in [0.2, 0.25) is 0 Å². The summed E-state index contributed by atoms with van der Waals surface area (Å²) in [5.74, 6) is -1.02. The zero-order valence-corrected chi connectivity index (χ0v) is 17.7. The number of sulfone groups is 1. The molecular formula is C26H20O4S. The van der Waals surface area contributed by atoms with E-state index in [0.29, 0.717) is 11.3 Å². The van der Waals surface area contributed by atoms with Crippen LogP contribution in [0.1, 0.15) is 22.6 Å². The number of carbonyl (C=O) groups excluding carboxylic acids is 1. The highest BCUT2D eigenvalue weighted by atomic mass is 32.2. The Bertz CT molecular complexity index is 1410. The first kappa shape index (κ1) is 19.5. The highest BCUT2D eigenvalue weighted by Crippen LogP contribution is 2.43. The monoisotopic (exact) mass is 428 g/mol. The van der Waals surface area contributed by atoms with Crippen LogP contribution in [0.4, 0.5) is 0 Å². The molecule has 4 aromatic rings. The molecule has 5 rings (SSSR count). The molecule has 0 radical (unpaired) electrons. The lowest BCUT2D eigenvalue weighted by Gasteiger charge is -2.32. The third-order valence-corrected chi connectivity index (χ3v) is 7.88. The van der Waals surface area contributed by atoms with Gasteiger partial charge >= 0.3 is 5.97 Å². The van der Waals surface area contributed by atoms with E-state index in [0.717, 1.165) is 21.9 Å². The normalized spacial score (nSPS) is 18.4. The largest absolute Gasteiger partial charge is 0.425 e. The Morgan fingerprint density at radius 1 is 0.774 bits per heavy atom. The van der Waals surface area contributed by atoms with Gasteiger partial charge in [0, 0.05) is 11.5 Å². The van der Waals surface area contributed by atoms with Crippen molar-refractivity contribution in [1.82, 2.24) is 0 Å². The van der Waals surface area contributed by atoms with Crippen molar-refractivity contribution < 1.29 is 17.9 Å². The summed E-state index contributed by atoms with van der Waals surface area (Å²) in [6, 6.07) is 27.4. The summed E-state index contributed by atoms with van der Waals surface area (Å²) in [5, 5.41) is 0.671. The summed E-state index contributed by atoms with van der Waals surface area (Å²) in [6.07, 6.45) is 0. The fraction of sp³-hybridized carbons (Fsp3) is 0.115. The number of para-hydroxylation sites is 1. The molecule has 4 aromatic carbocycles. The third kappa shape index (κ3) is 3.31. The molecule has 1 aliphatic rings. The fourth-order valence-corrected chi connectivity index (χ4v) is 6.00. The smallest absolute Gasteiger partial charge is 0.331 e. The SMILES string of the molecule is Cc1ccc(S(=O)(=O)C2C(=O)Oc3ccccc3C2c2ccc3ccccc3c2)cc1. The molecule has 0 saturated carbocycles. The first-order chi connectivity index (χ1) is 14.9. The van der Waals surface area contributed by atoms with Gasteiger partial charge in [0.15, 0.2) is 15.1 Å². The van der Waals surface area contributed by atoms with Crippen molar-refractivity contribution in [2.75, 3.05) is 0 Å². The standard InChI is InChI=1S/C26H20O4S/c1-17-10-14-21(15-11-17)31(28,29)25-24(22-8-4-5-9-23(22)30-26(25)27)20-13-12-18-6-2-3-7-19(18)16-20/h2-16,24-25H,1H3. The van der Waals surface area contributed by atoms with E-state index in [1.807, 2.05) is 61.5 Å². The molecule has 0 N–H and O–H groups in total. The van der Waals surface area contributed by atoms with Crippen molar-refractivity contribution in [3.63, 3.8) is 0 Å². The molecule has 4 nitrogen and oxygen atoms in total. The van der Waals surface area contributed by atoms with Crippen LogP contribution in [-0.4, -0.2) is 19.6 Å². The summed E-state index contributed by atoms with van der Waals surface area (Å²) in [6.45, 7) is 1.89. The lowest BCUT2D eigenvalue weighted by atomic mass is 9.85. The van der Waals surface area contributed by atoms with E-state index >= 15 is 0 Å². The maximum absolute atomic E-state index is 13.7. The second-order valence-electron chi connectivity index (χ2n) is 7.82. The maximum Gasteiger partial charge on any atom is 0.331 e. The highest BCUT2D eigenvalue weighted by molar-refractivity contribution is 7.92. The minimum absolute atomic E-state index is 0.116. The second-order valence-corrected chi connectivity index (χ2v) is 9.89. The lowest BCUT2D eigenvalue weighted by Crippen LogP contribution is -2.42. The van der Waals surface area contributed by atoms with Crippen molar-refractivity contribution in [3.05, 3.63) is 108 Å². The molecule has 0 fully saturated rings. The van der Waals surface area contributed by atoms with Gasteiger partial charge in [-0.15, -0.1) is 0 Å². The number of esters is 1. The molecule has 0 saturated heterocycles. The maximum atomic E-state index is 13.7. The average molecular weight is 429 g/mol. The molecule has 1 heterocycles. The van der Waals surface area contributed by atoms with Gasteiger partial charge in [0.25, 0.3) is 0 Å². The summed E-state index contributed by atoms with van der Waals surface area (Å²) in [4.78, 5) is 13.2. The Balaban J connectivity index is 1.73. The molecular weight excluding hydrogens is 408 g/mol. The average Bonchev–Trinajstić information content (AvgIpc) is 2.78. The van der Waals surface area contributed by atoms with E-state index in [9.17, 15) is 13.2 Å². The number of hydrogen-bond acceptors (Lipinski definition) is 4. The van der Waals surface area contributed by atoms with Crippen LogP contribution in [0, 0.1) is 6.92 Å². The van der Waals surface area contributed by atoms with Gasteiger partial charge < -0.3 is 4.74 Å². The molecule has 2 unspecified atom stereocenters. The van der Waals surface area contributed by atoms with Gasteiger partial charge in [0.05, 0.1) is 4.90 Å². The number of hydrogen-bond donors (Lipinski definition) is 0. The van der Waals surface area contributed by atoms with E-state index in [-0.39, 0.29) is 4.90 Å². The predicted octanol–water partition coefficient (Wildman–Crippen LogP) is 5.04. The second kappa shape index (κ2) is 7.36. The first-order valence-electron chi connectivity index (χ1n) is 10.0. The highest BCUT2D eigenvalue weighted by Gasteiger charge is 2.47. The third-order valence-electron chi connectivity index (χ3n) is 5.82. The van der Waals surface area contributed by atoms with E-state index in [1.54, 1.807) is 36.4 Å². The minimum Gasteiger partial charge on any atom is -0.425 e. The summed E-state index contributed by atoms with van der Waals surface area (Å²) >= 11 is 0. The summed E-state index contributed by atoms with van der Waals surface area (Å²) < 4.78 is 32.8. The molecule has 2 atom stereocenters. The van der Waals surface area contributed by atoms with E-state index in [4.69, 9.17) is 4.74 Å². The molecule has 5 heteroatoms. The predicted molar refractivity (Wildman–Crippen MR) is 120 cm³/mol. The summed E-state index contributed by atoms with van der Waals surface area (Å²) in [7, 11) is -4.00. The van der Waals surface area contributed by atoms with Gasteiger partial charge in [0.1, 0.15) is 5.75 Å². The van der Waals surface area contributed by atoms with Gasteiger partial charge in [-0.2, -0.15) is 0 Å². The first-order valence-corrected chi connectivity index (χ1v) is 11.6. The van der Waals surface area contributed by atoms with Crippen molar-refractivity contribution in [2.24, 2.45) is 0 Å². The van der Waals surface area contributed by atoms with Gasteiger partial charge in [-0.3, -0.25) is 4.79 Å². The molecule has 31 heavy (non-hydrogen) atoms. The van der Waals surface area contributed by atoms with Gasteiger partial charge in [-0.25, -0.2) is 8.42 Å². The number of rotatable bonds is 3. The molecule has 0 aliphatic carbocycles. The van der Waals surface area contributed by atoms with E-state index in [1.165, 1.54) is 0 Å². The topological polar surface area (TPSA) is 60.4 Å². The molecule has 0 bridgehead atoms. The van der Waals surface area contributed by atoms with E-state index in [2.05, 4.69) is 0 Å². The van der Waals surface area contributed by atoms with Crippen LogP contribution in [0.2, 0.25) is 0 Å². The number of fused-ring (bicyclic) bond motifs is 2. The van der Waals surface area contributed by atoms with Crippen LogP contribution >= 0.6 is 0 Å². The van der Waals surface area contributed by atoms with Crippen molar-refractivity contribution in [1.29, 1.82) is 0 Å². The van der Waals surface area contributed by atoms with Crippen molar-refractivity contribution in [2.45, 2.75) is 23.0 Å². The summed E-state index contributed by atoms with van der Waals surface area (Å²) in [5.41, 5.74) is 2.41. The zero-order chi connectivity index (χ0) is 21.6. The molecule has 1 aliphatic heterocycles. The van der Waals surface area contributed by atoms with Crippen LogP contribution in [0.15, 0.2) is 95.9 Å². The Labute approximate surface area is 181 Å². The number of carbonyl (C=O) groups is 1. The van der Waals surface area contributed by atoms with Gasteiger partial charge in [-0.1, -0.05) is 78.4 Å². The Morgan fingerprint density at radius 2 is 1.45 bits per heavy atom. The minimum atomic E-state index is -4.00. The van der Waals surface area contributed by atoms with Crippen LogP contribution < -0.4 is 4.74 Å². The molecule has 0 aromatic heterocycles.